The molecule has 3 rings (SSSR count). The topological polar surface area (TPSA) is 66.0 Å². The predicted molar refractivity (Wildman–Crippen MR) is 85.6 cm³/mol. The van der Waals surface area contributed by atoms with Crippen LogP contribution in [-0.2, 0) is 7.05 Å². The lowest BCUT2D eigenvalue weighted by atomic mass is 10.2. The zero-order chi connectivity index (χ0) is 15.0. The lowest BCUT2D eigenvalue weighted by molar-refractivity contribution is 0.430. The van der Waals surface area contributed by atoms with E-state index >= 15 is 0 Å². The van der Waals surface area contributed by atoms with E-state index in [0.717, 1.165) is 16.6 Å². The van der Waals surface area contributed by atoms with E-state index in [2.05, 4.69) is 10.1 Å². The van der Waals surface area contributed by atoms with Crippen molar-refractivity contribution < 1.29 is 4.74 Å². The minimum absolute atomic E-state index is 0.273. The van der Waals surface area contributed by atoms with Gasteiger partial charge in [-0.25, -0.2) is 4.68 Å². The molecule has 0 aliphatic rings. The fourth-order valence-corrected chi connectivity index (χ4v) is 2.49. The van der Waals surface area contributed by atoms with Crippen LogP contribution in [0.5, 0.6) is 11.6 Å². The molecule has 0 fully saturated rings. The summed E-state index contributed by atoms with van der Waals surface area (Å²) in [4.78, 5) is 4.59. The number of nitrogens with two attached hydrogens (primary N) is 1. The minimum Gasteiger partial charge on any atom is -0.438 e. The first-order valence-corrected chi connectivity index (χ1v) is 6.83. The van der Waals surface area contributed by atoms with Crippen molar-refractivity contribution in [3.05, 3.63) is 47.8 Å². The summed E-state index contributed by atoms with van der Waals surface area (Å²) in [6.45, 7) is 1.85. The number of thiocarbonyl (C=S) groups is 1. The molecule has 0 atom stereocenters. The first-order valence-electron chi connectivity index (χ1n) is 6.42. The summed E-state index contributed by atoms with van der Waals surface area (Å²) in [5.41, 5.74) is 8.03. The highest BCUT2D eigenvalue weighted by atomic mass is 32.1. The Hall–Kier alpha value is -2.47. The average Bonchev–Trinajstić information content (AvgIpc) is 2.73. The zero-order valence-electron chi connectivity index (χ0n) is 11.7. The van der Waals surface area contributed by atoms with Crippen LogP contribution in [0.25, 0.3) is 10.9 Å². The number of ether oxygens (including phenoxy) is 1. The van der Waals surface area contributed by atoms with Crippen LogP contribution in [0.15, 0.2) is 36.5 Å². The number of aryl methyl sites for hydroxylation is 2. The lowest BCUT2D eigenvalue weighted by Gasteiger charge is -2.08. The zero-order valence-corrected chi connectivity index (χ0v) is 12.5. The van der Waals surface area contributed by atoms with Crippen molar-refractivity contribution in [3.8, 4) is 11.6 Å². The molecule has 0 bridgehead atoms. The molecule has 0 saturated carbocycles. The van der Waals surface area contributed by atoms with Gasteiger partial charge in [0.25, 0.3) is 0 Å². The van der Waals surface area contributed by atoms with E-state index in [9.17, 15) is 0 Å². The quantitative estimate of drug-likeness (QED) is 0.753. The van der Waals surface area contributed by atoms with Crippen molar-refractivity contribution in [2.45, 2.75) is 6.92 Å². The molecular formula is C15H14N4OS. The molecule has 0 saturated heterocycles. The largest absolute Gasteiger partial charge is 0.438 e. The Kier molecular flexibility index (Phi) is 3.31. The van der Waals surface area contributed by atoms with Crippen LogP contribution >= 0.6 is 12.2 Å². The molecule has 1 aromatic carbocycles. The number of aromatic nitrogens is 3. The van der Waals surface area contributed by atoms with Gasteiger partial charge in [0.1, 0.15) is 10.7 Å². The van der Waals surface area contributed by atoms with Crippen molar-refractivity contribution in [2.24, 2.45) is 12.8 Å². The molecule has 2 aromatic heterocycles. The van der Waals surface area contributed by atoms with Gasteiger partial charge >= 0.3 is 0 Å². The fraction of sp³-hybridized carbons (Fsp3) is 0.133. The SMILES string of the molecule is Cc1nn(C)c(Oc2ccc3cccnc3c2)c1C(N)=S. The van der Waals surface area contributed by atoms with E-state index in [-0.39, 0.29) is 4.99 Å². The van der Waals surface area contributed by atoms with Gasteiger partial charge in [0, 0.05) is 24.7 Å². The maximum Gasteiger partial charge on any atom is 0.228 e. The maximum absolute atomic E-state index is 5.92. The van der Waals surface area contributed by atoms with E-state index in [4.69, 9.17) is 22.7 Å². The number of pyridine rings is 1. The first kappa shape index (κ1) is 13.5. The number of nitrogens with zero attached hydrogens (tertiary/aromatic N) is 3. The van der Waals surface area contributed by atoms with Crippen LogP contribution in [0.2, 0.25) is 0 Å². The minimum atomic E-state index is 0.273. The normalized spacial score (nSPS) is 10.8. The second-order valence-corrected chi connectivity index (χ2v) is 5.15. The summed E-state index contributed by atoms with van der Waals surface area (Å²) in [5.74, 6) is 1.21. The summed E-state index contributed by atoms with van der Waals surface area (Å²) >= 11 is 5.08. The third kappa shape index (κ3) is 2.45. The third-order valence-electron chi connectivity index (χ3n) is 3.21. The Morgan fingerprint density at radius 2 is 2.14 bits per heavy atom. The first-order chi connectivity index (χ1) is 10.1. The number of hydrogen-bond donors (Lipinski definition) is 1. The second kappa shape index (κ2) is 5.14. The van der Waals surface area contributed by atoms with Gasteiger partial charge in [-0.2, -0.15) is 5.10 Å². The van der Waals surface area contributed by atoms with Gasteiger partial charge < -0.3 is 10.5 Å². The Morgan fingerprint density at radius 3 is 2.90 bits per heavy atom. The third-order valence-corrected chi connectivity index (χ3v) is 3.41. The molecule has 5 nitrogen and oxygen atoms in total. The van der Waals surface area contributed by atoms with Crippen LogP contribution < -0.4 is 10.5 Å². The van der Waals surface area contributed by atoms with E-state index in [1.807, 2.05) is 37.3 Å². The van der Waals surface area contributed by atoms with Crippen molar-refractivity contribution in [1.82, 2.24) is 14.8 Å². The Balaban J connectivity index is 2.04. The highest BCUT2D eigenvalue weighted by Crippen LogP contribution is 2.28. The predicted octanol–water partition coefficient (Wildman–Crippen LogP) is 2.70. The Bertz CT molecular complexity index is 841. The molecule has 0 spiro atoms. The average molecular weight is 298 g/mol. The molecule has 2 N–H and O–H groups in total. The molecule has 0 radical (unpaired) electrons. The molecule has 0 amide bonds. The van der Waals surface area contributed by atoms with Gasteiger partial charge in [-0.05, 0) is 25.1 Å². The van der Waals surface area contributed by atoms with Crippen LogP contribution in [0.4, 0.5) is 0 Å². The second-order valence-electron chi connectivity index (χ2n) is 4.71. The maximum atomic E-state index is 5.92. The van der Waals surface area contributed by atoms with Gasteiger partial charge in [-0.3, -0.25) is 4.98 Å². The van der Waals surface area contributed by atoms with Crippen molar-refractivity contribution in [3.63, 3.8) is 0 Å². The van der Waals surface area contributed by atoms with E-state index in [1.165, 1.54) is 0 Å². The van der Waals surface area contributed by atoms with Crippen molar-refractivity contribution >= 4 is 28.1 Å². The van der Waals surface area contributed by atoms with Gasteiger partial charge in [-0.15, -0.1) is 0 Å². The number of rotatable bonds is 3. The van der Waals surface area contributed by atoms with Crippen molar-refractivity contribution in [1.29, 1.82) is 0 Å². The van der Waals surface area contributed by atoms with Crippen LogP contribution in [0.3, 0.4) is 0 Å². The Morgan fingerprint density at radius 1 is 1.33 bits per heavy atom. The number of fused-ring (bicyclic) bond motifs is 1. The summed E-state index contributed by atoms with van der Waals surface area (Å²) < 4.78 is 7.55. The molecule has 106 valence electrons. The highest BCUT2D eigenvalue weighted by molar-refractivity contribution is 7.80. The van der Waals surface area contributed by atoms with Crippen LogP contribution in [-0.4, -0.2) is 19.8 Å². The van der Waals surface area contributed by atoms with Crippen LogP contribution in [0, 0.1) is 6.92 Å². The lowest BCUT2D eigenvalue weighted by Crippen LogP contribution is -2.11. The summed E-state index contributed by atoms with van der Waals surface area (Å²) in [5, 5.41) is 5.36. The van der Waals surface area contributed by atoms with E-state index in [1.54, 1.807) is 17.9 Å². The highest BCUT2D eigenvalue weighted by Gasteiger charge is 2.17. The standard InChI is InChI=1S/C15H14N4OS/c1-9-13(14(16)21)15(19(2)18-9)20-11-6-5-10-4-3-7-17-12(10)8-11/h3-8H,1-2H3,(H2,16,21). The van der Waals surface area contributed by atoms with E-state index in [0.29, 0.717) is 17.2 Å². The van der Waals surface area contributed by atoms with Gasteiger partial charge in [0.15, 0.2) is 0 Å². The van der Waals surface area contributed by atoms with Gasteiger partial charge in [0.05, 0.1) is 16.8 Å². The van der Waals surface area contributed by atoms with Crippen molar-refractivity contribution in [2.75, 3.05) is 0 Å². The summed E-state index contributed by atoms with van der Waals surface area (Å²) in [6.07, 6.45) is 1.75. The number of hydrogen-bond acceptors (Lipinski definition) is 4. The summed E-state index contributed by atoms with van der Waals surface area (Å²) in [7, 11) is 1.80. The molecular weight excluding hydrogens is 284 g/mol. The molecule has 2 heterocycles. The number of benzene rings is 1. The monoisotopic (exact) mass is 298 g/mol. The molecule has 0 aliphatic carbocycles. The molecule has 3 aromatic rings. The molecule has 21 heavy (non-hydrogen) atoms. The molecule has 6 heteroatoms. The van der Waals surface area contributed by atoms with Crippen LogP contribution in [0.1, 0.15) is 11.3 Å². The molecule has 0 unspecified atom stereocenters. The Labute approximate surface area is 127 Å². The van der Waals surface area contributed by atoms with E-state index < -0.39 is 0 Å². The fourth-order valence-electron chi connectivity index (χ4n) is 2.26. The molecule has 0 aliphatic heterocycles. The van der Waals surface area contributed by atoms with Gasteiger partial charge in [0.2, 0.25) is 5.88 Å². The smallest absolute Gasteiger partial charge is 0.228 e. The summed E-state index contributed by atoms with van der Waals surface area (Å²) in [6, 6.07) is 9.62. The van der Waals surface area contributed by atoms with Gasteiger partial charge in [-0.1, -0.05) is 18.3 Å².